The van der Waals surface area contributed by atoms with Crippen LogP contribution >= 0.6 is 11.3 Å². The summed E-state index contributed by atoms with van der Waals surface area (Å²) in [5, 5.41) is 11.3. The van der Waals surface area contributed by atoms with Crippen LogP contribution in [0.5, 0.6) is 0 Å². The monoisotopic (exact) mass is 458 g/mol. The van der Waals surface area contributed by atoms with Gasteiger partial charge in [0.1, 0.15) is 5.82 Å². The van der Waals surface area contributed by atoms with Crippen molar-refractivity contribution in [2.45, 2.75) is 58.4 Å². The molecule has 3 heterocycles. The van der Waals surface area contributed by atoms with Gasteiger partial charge in [-0.1, -0.05) is 32.0 Å². The van der Waals surface area contributed by atoms with E-state index in [1.54, 1.807) is 17.4 Å². The minimum atomic E-state index is -0.173. The van der Waals surface area contributed by atoms with Crippen LogP contribution in [0.1, 0.15) is 71.8 Å². The number of aliphatic hydroxyl groups is 1. The zero-order valence-electron chi connectivity index (χ0n) is 19.3. The predicted molar refractivity (Wildman–Crippen MR) is 128 cm³/mol. The molecule has 174 valence electrons. The Labute approximate surface area is 195 Å². The van der Waals surface area contributed by atoms with Crippen molar-refractivity contribution in [2.24, 2.45) is 5.41 Å². The highest BCUT2D eigenvalue weighted by molar-refractivity contribution is 7.12. The van der Waals surface area contributed by atoms with E-state index >= 15 is 0 Å². The lowest BCUT2D eigenvalue weighted by molar-refractivity contribution is 0.0198. The molecule has 2 aromatic rings. The van der Waals surface area contributed by atoms with Crippen molar-refractivity contribution < 1.29 is 14.3 Å². The van der Waals surface area contributed by atoms with Crippen LogP contribution in [0, 0.1) is 11.2 Å². The Hall–Kier alpha value is -1.76. The molecule has 0 radical (unpaired) electrons. The van der Waals surface area contributed by atoms with E-state index in [0.29, 0.717) is 30.0 Å². The van der Waals surface area contributed by atoms with Crippen LogP contribution < -0.4 is 0 Å². The topological polar surface area (TPSA) is 43.8 Å². The molecule has 4 rings (SSSR count). The van der Waals surface area contributed by atoms with Gasteiger partial charge >= 0.3 is 0 Å². The molecule has 1 aromatic heterocycles. The molecule has 2 aliphatic rings. The average molecular weight is 459 g/mol. The summed E-state index contributed by atoms with van der Waals surface area (Å²) in [6.07, 6.45) is 4.70. The van der Waals surface area contributed by atoms with Gasteiger partial charge in [0.05, 0.1) is 4.88 Å². The SMILES string of the molecule is CC(C)c1csc(C(=O)N2CCCC3(CCN(Cc4cccc(CCO)c4F)CC3)C2)c1. The number of carbonyl (C=O) groups is 1. The fourth-order valence-electron chi connectivity index (χ4n) is 5.21. The number of nitrogens with zero attached hydrogens (tertiary/aromatic N) is 2. The van der Waals surface area contributed by atoms with Gasteiger partial charge in [-0.2, -0.15) is 0 Å². The number of hydrogen-bond donors (Lipinski definition) is 1. The second kappa shape index (κ2) is 10.0. The highest BCUT2D eigenvalue weighted by atomic mass is 32.1. The highest BCUT2D eigenvalue weighted by Crippen LogP contribution is 2.41. The first-order valence-corrected chi connectivity index (χ1v) is 12.8. The molecule has 1 N–H and O–H groups in total. The first-order valence-electron chi connectivity index (χ1n) is 11.9. The second-order valence-corrected chi connectivity index (χ2v) is 10.8. The molecule has 0 bridgehead atoms. The summed E-state index contributed by atoms with van der Waals surface area (Å²) in [6, 6.07) is 7.56. The van der Waals surface area contributed by atoms with Gasteiger partial charge in [0.15, 0.2) is 0 Å². The minimum Gasteiger partial charge on any atom is -0.396 e. The van der Waals surface area contributed by atoms with Crippen molar-refractivity contribution in [1.82, 2.24) is 9.80 Å². The molecular formula is C26H35FN2O2S. The van der Waals surface area contributed by atoms with E-state index in [1.807, 2.05) is 12.1 Å². The van der Waals surface area contributed by atoms with Crippen molar-refractivity contribution in [3.63, 3.8) is 0 Å². The van der Waals surface area contributed by atoms with Gasteiger partial charge in [-0.3, -0.25) is 9.69 Å². The van der Waals surface area contributed by atoms with E-state index in [9.17, 15) is 9.18 Å². The summed E-state index contributed by atoms with van der Waals surface area (Å²) in [5.74, 6) is 0.457. The number of piperidine rings is 2. The summed E-state index contributed by atoms with van der Waals surface area (Å²) >= 11 is 1.57. The molecular weight excluding hydrogens is 423 g/mol. The fourth-order valence-corrected chi connectivity index (χ4v) is 6.24. The van der Waals surface area contributed by atoms with Crippen LogP contribution in [0.3, 0.4) is 0 Å². The molecule has 4 nitrogen and oxygen atoms in total. The smallest absolute Gasteiger partial charge is 0.263 e. The van der Waals surface area contributed by atoms with Gasteiger partial charge in [0, 0.05) is 31.8 Å². The van der Waals surface area contributed by atoms with Gasteiger partial charge < -0.3 is 10.0 Å². The summed E-state index contributed by atoms with van der Waals surface area (Å²) in [4.78, 5) is 18.4. The van der Waals surface area contributed by atoms with Crippen LogP contribution in [0.4, 0.5) is 4.39 Å². The molecule has 32 heavy (non-hydrogen) atoms. The van der Waals surface area contributed by atoms with Gasteiger partial charge in [0.25, 0.3) is 5.91 Å². The zero-order valence-corrected chi connectivity index (χ0v) is 20.1. The molecule has 0 unspecified atom stereocenters. The van der Waals surface area contributed by atoms with Crippen LogP contribution in [0.2, 0.25) is 0 Å². The van der Waals surface area contributed by atoms with Crippen molar-refractivity contribution in [3.05, 3.63) is 57.0 Å². The normalized spacial score (nSPS) is 19.1. The Bertz CT molecular complexity index is 934. The molecule has 6 heteroatoms. The molecule has 0 aliphatic carbocycles. The summed E-state index contributed by atoms with van der Waals surface area (Å²) < 4.78 is 14.7. The number of benzene rings is 1. The molecule has 2 fully saturated rings. The molecule has 1 aromatic carbocycles. The summed E-state index contributed by atoms with van der Waals surface area (Å²) in [6.45, 7) is 8.45. The van der Waals surface area contributed by atoms with Crippen molar-refractivity contribution in [1.29, 1.82) is 0 Å². The third kappa shape index (κ3) is 5.08. The van der Waals surface area contributed by atoms with E-state index in [4.69, 9.17) is 5.11 Å². The number of halogens is 1. The van der Waals surface area contributed by atoms with E-state index in [2.05, 4.69) is 35.1 Å². The Morgan fingerprint density at radius 1 is 1.19 bits per heavy atom. The molecule has 1 amide bonds. The number of thiophene rings is 1. The van der Waals surface area contributed by atoms with Crippen molar-refractivity contribution in [3.8, 4) is 0 Å². The maximum Gasteiger partial charge on any atom is 0.263 e. The highest BCUT2D eigenvalue weighted by Gasteiger charge is 2.40. The number of amides is 1. The molecule has 0 atom stereocenters. The van der Waals surface area contributed by atoms with Crippen LogP contribution in [-0.2, 0) is 13.0 Å². The second-order valence-electron chi connectivity index (χ2n) is 9.87. The Balaban J connectivity index is 1.36. The number of aliphatic hydroxyl groups excluding tert-OH is 1. The lowest BCUT2D eigenvalue weighted by Crippen LogP contribution is -2.50. The van der Waals surface area contributed by atoms with E-state index < -0.39 is 0 Å². The van der Waals surface area contributed by atoms with Crippen LogP contribution in [0.15, 0.2) is 29.6 Å². The molecule has 1 spiro atoms. The van der Waals surface area contributed by atoms with Crippen LogP contribution in [0.25, 0.3) is 0 Å². The third-order valence-electron chi connectivity index (χ3n) is 7.30. The summed E-state index contributed by atoms with van der Waals surface area (Å²) in [7, 11) is 0. The first kappa shape index (κ1) is 23.4. The van der Waals surface area contributed by atoms with Gasteiger partial charge in [-0.25, -0.2) is 4.39 Å². The molecule has 2 saturated heterocycles. The van der Waals surface area contributed by atoms with E-state index in [-0.39, 0.29) is 23.7 Å². The predicted octanol–water partition coefficient (Wildman–Crippen LogP) is 5.06. The third-order valence-corrected chi connectivity index (χ3v) is 8.23. The lowest BCUT2D eigenvalue weighted by atomic mass is 9.72. The minimum absolute atomic E-state index is 0.0356. The number of carbonyl (C=O) groups excluding carboxylic acids is 1. The summed E-state index contributed by atoms with van der Waals surface area (Å²) in [5.41, 5.74) is 2.74. The number of likely N-dealkylation sites (tertiary alicyclic amines) is 2. The van der Waals surface area contributed by atoms with Crippen molar-refractivity contribution >= 4 is 17.2 Å². The van der Waals surface area contributed by atoms with Gasteiger partial charge in [-0.05, 0) is 79.1 Å². The molecule has 0 saturated carbocycles. The average Bonchev–Trinajstić information content (AvgIpc) is 3.29. The van der Waals surface area contributed by atoms with E-state index in [1.165, 1.54) is 12.0 Å². The Morgan fingerprint density at radius 2 is 1.94 bits per heavy atom. The Morgan fingerprint density at radius 3 is 2.62 bits per heavy atom. The van der Waals surface area contributed by atoms with E-state index in [0.717, 1.165) is 50.3 Å². The molecule has 2 aliphatic heterocycles. The van der Waals surface area contributed by atoms with Crippen LogP contribution in [-0.4, -0.2) is 53.6 Å². The maximum atomic E-state index is 14.7. The first-order chi connectivity index (χ1) is 15.4. The standard InChI is InChI=1S/C26H35FN2O2S/c1-19(2)22-15-23(32-17-22)25(31)29-11-4-8-26(18-29)9-12-28(13-10-26)16-21-6-3-5-20(7-14-30)24(21)27/h3,5-6,15,17,19,30H,4,7-14,16,18H2,1-2H3. The largest absolute Gasteiger partial charge is 0.396 e. The number of rotatable bonds is 6. The van der Waals surface area contributed by atoms with Gasteiger partial charge in [-0.15, -0.1) is 11.3 Å². The van der Waals surface area contributed by atoms with Gasteiger partial charge in [0.2, 0.25) is 0 Å². The maximum absolute atomic E-state index is 14.7. The lowest BCUT2D eigenvalue weighted by Gasteiger charge is -2.47. The quantitative estimate of drug-likeness (QED) is 0.658. The number of hydrogen-bond acceptors (Lipinski definition) is 4. The Kier molecular flexibility index (Phi) is 7.33. The fraction of sp³-hybridized carbons (Fsp3) is 0.577. The zero-order chi connectivity index (χ0) is 22.7. The van der Waals surface area contributed by atoms with Crippen molar-refractivity contribution in [2.75, 3.05) is 32.8 Å².